The van der Waals surface area contributed by atoms with E-state index >= 15 is 0 Å². The molecular weight excluding hydrogens is 250 g/mol. The van der Waals surface area contributed by atoms with Gasteiger partial charge in [-0.3, -0.25) is 9.78 Å². The first-order valence-electron chi connectivity index (χ1n) is 6.50. The number of rotatable bonds is 4. The third kappa shape index (κ3) is 3.75. The van der Waals surface area contributed by atoms with Gasteiger partial charge in [-0.25, -0.2) is 5.43 Å². The zero-order valence-corrected chi connectivity index (χ0v) is 11.6. The van der Waals surface area contributed by atoms with E-state index in [0.717, 1.165) is 5.56 Å². The molecule has 0 saturated carbocycles. The van der Waals surface area contributed by atoms with E-state index in [1.807, 2.05) is 12.1 Å². The van der Waals surface area contributed by atoms with Crippen molar-refractivity contribution in [3.05, 3.63) is 65.5 Å². The Bertz CT molecular complexity index is 589. The molecule has 1 aromatic carbocycles. The number of amides is 1. The van der Waals surface area contributed by atoms with Crippen molar-refractivity contribution in [1.82, 2.24) is 10.4 Å². The summed E-state index contributed by atoms with van der Waals surface area (Å²) in [5.41, 5.74) is 5.25. The molecule has 1 aromatic heterocycles. The van der Waals surface area contributed by atoms with Crippen LogP contribution >= 0.6 is 0 Å². The molecule has 102 valence electrons. The summed E-state index contributed by atoms with van der Waals surface area (Å²) in [6, 6.07) is 11.4. The van der Waals surface area contributed by atoms with Crippen LogP contribution in [0.2, 0.25) is 0 Å². The number of aromatic nitrogens is 1. The zero-order chi connectivity index (χ0) is 14.4. The van der Waals surface area contributed by atoms with E-state index in [1.54, 1.807) is 30.7 Å². The molecule has 1 amide bonds. The highest BCUT2D eigenvalue weighted by Crippen LogP contribution is 2.13. The zero-order valence-electron chi connectivity index (χ0n) is 11.6. The van der Waals surface area contributed by atoms with Crippen molar-refractivity contribution in [3.63, 3.8) is 0 Å². The molecule has 20 heavy (non-hydrogen) atoms. The minimum atomic E-state index is -0.248. The molecule has 0 aliphatic carbocycles. The van der Waals surface area contributed by atoms with Gasteiger partial charge in [0.1, 0.15) is 0 Å². The Labute approximate surface area is 118 Å². The Kier molecular flexibility index (Phi) is 4.60. The summed E-state index contributed by atoms with van der Waals surface area (Å²) in [4.78, 5) is 15.6. The molecule has 2 rings (SSSR count). The summed E-state index contributed by atoms with van der Waals surface area (Å²) in [7, 11) is 0. The fourth-order valence-electron chi connectivity index (χ4n) is 1.70. The van der Waals surface area contributed by atoms with Gasteiger partial charge in [-0.1, -0.05) is 38.1 Å². The number of benzene rings is 1. The van der Waals surface area contributed by atoms with Crippen LogP contribution in [0.4, 0.5) is 0 Å². The predicted molar refractivity (Wildman–Crippen MR) is 79.8 cm³/mol. The second kappa shape index (κ2) is 6.61. The summed E-state index contributed by atoms with van der Waals surface area (Å²) in [5.74, 6) is 0.259. The second-order valence-electron chi connectivity index (χ2n) is 4.76. The largest absolute Gasteiger partial charge is 0.271 e. The van der Waals surface area contributed by atoms with Gasteiger partial charge in [0.05, 0.1) is 6.21 Å². The highest BCUT2D eigenvalue weighted by molar-refractivity contribution is 5.94. The fourth-order valence-corrected chi connectivity index (χ4v) is 1.70. The molecule has 1 N–H and O–H groups in total. The molecule has 0 saturated heterocycles. The molecule has 0 bridgehead atoms. The van der Waals surface area contributed by atoms with Gasteiger partial charge >= 0.3 is 0 Å². The minimum absolute atomic E-state index is 0.248. The first kappa shape index (κ1) is 13.9. The predicted octanol–water partition coefficient (Wildman–Crippen LogP) is 2.97. The van der Waals surface area contributed by atoms with Gasteiger partial charge in [-0.15, -0.1) is 0 Å². The van der Waals surface area contributed by atoms with Crippen molar-refractivity contribution in [2.45, 2.75) is 19.8 Å². The lowest BCUT2D eigenvalue weighted by Gasteiger charge is -2.04. The summed E-state index contributed by atoms with van der Waals surface area (Å²) in [5, 5.41) is 3.95. The van der Waals surface area contributed by atoms with Crippen LogP contribution < -0.4 is 5.43 Å². The molecule has 0 aliphatic rings. The van der Waals surface area contributed by atoms with E-state index in [9.17, 15) is 4.79 Å². The molecule has 2 aromatic rings. The van der Waals surface area contributed by atoms with E-state index < -0.39 is 0 Å². The third-order valence-corrected chi connectivity index (χ3v) is 2.93. The van der Waals surface area contributed by atoms with Crippen LogP contribution in [0.15, 0.2) is 53.9 Å². The molecule has 0 atom stereocenters. The summed E-state index contributed by atoms with van der Waals surface area (Å²) in [6.45, 7) is 4.30. The minimum Gasteiger partial charge on any atom is -0.267 e. The molecule has 4 heteroatoms. The van der Waals surface area contributed by atoms with Gasteiger partial charge in [0.15, 0.2) is 0 Å². The van der Waals surface area contributed by atoms with E-state index in [2.05, 4.69) is 41.5 Å². The lowest BCUT2D eigenvalue weighted by Crippen LogP contribution is -2.17. The Balaban J connectivity index is 1.95. The number of nitrogens with zero attached hydrogens (tertiary/aromatic N) is 2. The number of nitrogens with one attached hydrogen (secondary N) is 1. The summed E-state index contributed by atoms with van der Waals surface area (Å²) < 4.78 is 0. The highest BCUT2D eigenvalue weighted by atomic mass is 16.2. The molecule has 0 fully saturated rings. The average Bonchev–Trinajstić information content (AvgIpc) is 2.48. The molecular formula is C16H17N3O. The maximum atomic E-state index is 11.7. The smallest absolute Gasteiger partial charge is 0.267 e. The highest BCUT2D eigenvalue weighted by Gasteiger charge is 2.02. The van der Waals surface area contributed by atoms with Crippen LogP contribution in [0.1, 0.15) is 41.3 Å². The first-order chi connectivity index (χ1) is 9.66. The van der Waals surface area contributed by atoms with E-state index in [4.69, 9.17) is 0 Å². The van der Waals surface area contributed by atoms with Crippen LogP contribution in [-0.4, -0.2) is 17.1 Å². The monoisotopic (exact) mass is 267 g/mol. The second-order valence-corrected chi connectivity index (χ2v) is 4.76. The van der Waals surface area contributed by atoms with Crippen LogP contribution in [0.25, 0.3) is 0 Å². The van der Waals surface area contributed by atoms with Gasteiger partial charge in [-0.2, -0.15) is 5.10 Å². The number of hydrazone groups is 1. The Morgan fingerprint density at radius 2 is 1.80 bits per heavy atom. The van der Waals surface area contributed by atoms with Crippen molar-refractivity contribution in [2.24, 2.45) is 5.10 Å². The Morgan fingerprint density at radius 3 is 2.40 bits per heavy atom. The molecule has 0 spiro atoms. The quantitative estimate of drug-likeness (QED) is 0.684. The number of hydrogen-bond acceptors (Lipinski definition) is 3. The van der Waals surface area contributed by atoms with Gasteiger partial charge in [0.25, 0.3) is 5.91 Å². The fraction of sp³-hybridized carbons (Fsp3) is 0.188. The van der Waals surface area contributed by atoms with Crippen molar-refractivity contribution < 1.29 is 4.79 Å². The molecule has 0 unspecified atom stereocenters. The lowest BCUT2D eigenvalue weighted by molar-refractivity contribution is 0.0955. The number of pyridine rings is 1. The molecule has 1 heterocycles. The Morgan fingerprint density at radius 1 is 1.15 bits per heavy atom. The topological polar surface area (TPSA) is 54.4 Å². The van der Waals surface area contributed by atoms with Crippen LogP contribution in [0.5, 0.6) is 0 Å². The van der Waals surface area contributed by atoms with Gasteiger partial charge in [0.2, 0.25) is 0 Å². The lowest BCUT2D eigenvalue weighted by atomic mass is 10.0. The van der Waals surface area contributed by atoms with Crippen molar-refractivity contribution in [1.29, 1.82) is 0 Å². The van der Waals surface area contributed by atoms with Crippen molar-refractivity contribution in [3.8, 4) is 0 Å². The van der Waals surface area contributed by atoms with Gasteiger partial charge in [0, 0.05) is 18.0 Å². The van der Waals surface area contributed by atoms with E-state index in [0.29, 0.717) is 11.5 Å². The van der Waals surface area contributed by atoms with Crippen LogP contribution in [0, 0.1) is 0 Å². The van der Waals surface area contributed by atoms with Crippen molar-refractivity contribution in [2.75, 3.05) is 0 Å². The number of carbonyl (C=O) groups excluding carboxylic acids is 1. The normalized spacial score (nSPS) is 10.9. The number of hydrogen-bond donors (Lipinski definition) is 1. The summed E-state index contributed by atoms with van der Waals surface area (Å²) >= 11 is 0. The summed E-state index contributed by atoms with van der Waals surface area (Å²) in [6.07, 6.45) is 4.77. The van der Waals surface area contributed by atoms with E-state index in [-0.39, 0.29) is 5.91 Å². The molecule has 0 aliphatic heterocycles. The standard InChI is InChI=1S/C16H17N3O/c1-12(2)14-5-3-13(4-6-14)11-18-19-16(20)15-7-9-17-10-8-15/h3-12H,1-2H3,(H,19,20)/b18-11-. The maximum Gasteiger partial charge on any atom is 0.271 e. The Hall–Kier alpha value is -2.49. The number of carbonyl (C=O) groups is 1. The van der Waals surface area contributed by atoms with Crippen LogP contribution in [0.3, 0.4) is 0 Å². The van der Waals surface area contributed by atoms with Crippen molar-refractivity contribution >= 4 is 12.1 Å². The molecule has 4 nitrogen and oxygen atoms in total. The first-order valence-corrected chi connectivity index (χ1v) is 6.50. The van der Waals surface area contributed by atoms with Crippen LogP contribution in [-0.2, 0) is 0 Å². The van der Waals surface area contributed by atoms with Gasteiger partial charge < -0.3 is 0 Å². The SMILES string of the molecule is CC(C)c1ccc(/C=N\NC(=O)c2ccncc2)cc1. The van der Waals surface area contributed by atoms with E-state index in [1.165, 1.54) is 5.56 Å². The van der Waals surface area contributed by atoms with Gasteiger partial charge in [-0.05, 0) is 29.2 Å². The maximum absolute atomic E-state index is 11.7. The third-order valence-electron chi connectivity index (χ3n) is 2.93. The molecule has 0 radical (unpaired) electrons. The average molecular weight is 267 g/mol.